The molecule has 3 rings (SSSR count). The van der Waals surface area contributed by atoms with Crippen LogP contribution in [0.25, 0.3) is 0 Å². The van der Waals surface area contributed by atoms with Crippen molar-refractivity contribution in [3.8, 4) is 5.75 Å². The normalized spacial score (nSPS) is 13.7. The van der Waals surface area contributed by atoms with E-state index >= 15 is 0 Å². The van der Waals surface area contributed by atoms with E-state index in [-0.39, 0.29) is 12.1 Å². The van der Waals surface area contributed by atoms with Crippen molar-refractivity contribution in [3.63, 3.8) is 0 Å². The first-order chi connectivity index (χ1) is 11.7. The molecular formula is C17H19N3O4. The van der Waals surface area contributed by atoms with Gasteiger partial charge in [-0.25, -0.2) is 14.5 Å². The van der Waals surface area contributed by atoms with Crippen LogP contribution < -0.4 is 10.1 Å². The molecule has 1 aliphatic rings. The highest BCUT2D eigenvalue weighted by Gasteiger charge is 2.30. The number of nitrogens with zero attached hydrogens (tertiary/aromatic N) is 2. The number of methoxy groups -OCH3 is 1. The Hall–Kier alpha value is -2.96. The van der Waals surface area contributed by atoms with E-state index in [1.54, 1.807) is 30.4 Å². The van der Waals surface area contributed by atoms with Crippen LogP contribution >= 0.6 is 0 Å². The summed E-state index contributed by atoms with van der Waals surface area (Å²) in [7, 11) is 1.60. The van der Waals surface area contributed by atoms with Crippen molar-refractivity contribution in [1.82, 2.24) is 15.1 Å². The summed E-state index contributed by atoms with van der Waals surface area (Å²) < 4.78 is 10.5. The first kappa shape index (κ1) is 15.9. The number of benzene rings is 1. The lowest BCUT2D eigenvalue weighted by Crippen LogP contribution is -2.44. The quantitative estimate of drug-likeness (QED) is 0.914. The van der Waals surface area contributed by atoms with E-state index in [1.807, 2.05) is 24.3 Å². The second-order valence-corrected chi connectivity index (χ2v) is 5.45. The molecular weight excluding hydrogens is 310 g/mol. The van der Waals surface area contributed by atoms with Gasteiger partial charge in [-0.15, -0.1) is 0 Å². The van der Waals surface area contributed by atoms with Crippen LogP contribution in [0.4, 0.5) is 9.59 Å². The molecule has 0 unspecified atom stereocenters. The molecule has 1 aliphatic heterocycles. The van der Waals surface area contributed by atoms with Crippen LogP contribution in [-0.4, -0.2) is 42.1 Å². The molecule has 7 nitrogen and oxygen atoms in total. The third-order valence-electron chi connectivity index (χ3n) is 3.82. The Morgan fingerprint density at radius 1 is 1.29 bits per heavy atom. The zero-order valence-corrected chi connectivity index (χ0v) is 13.4. The average molecular weight is 329 g/mol. The third-order valence-corrected chi connectivity index (χ3v) is 3.82. The van der Waals surface area contributed by atoms with Crippen molar-refractivity contribution < 1.29 is 18.7 Å². The maximum absolute atomic E-state index is 12.7. The number of imide groups is 1. The van der Waals surface area contributed by atoms with Crippen LogP contribution in [0.15, 0.2) is 47.1 Å². The molecule has 126 valence electrons. The molecule has 0 saturated carbocycles. The Kier molecular flexibility index (Phi) is 4.69. The highest BCUT2D eigenvalue weighted by atomic mass is 16.5. The van der Waals surface area contributed by atoms with Gasteiger partial charge in [0.05, 0.1) is 19.9 Å². The molecule has 1 aromatic heterocycles. The highest BCUT2D eigenvalue weighted by Crippen LogP contribution is 2.17. The SMILES string of the molecule is COc1ccc(CN(Cc2ccco2)C(=O)N2CCNC2=O)cc1. The minimum atomic E-state index is -0.362. The molecule has 7 heteroatoms. The Morgan fingerprint density at radius 2 is 2.08 bits per heavy atom. The number of carbonyl (C=O) groups is 2. The van der Waals surface area contributed by atoms with E-state index in [4.69, 9.17) is 9.15 Å². The minimum Gasteiger partial charge on any atom is -0.497 e. The number of nitrogens with one attached hydrogen (secondary N) is 1. The monoisotopic (exact) mass is 329 g/mol. The summed E-state index contributed by atoms with van der Waals surface area (Å²) in [6, 6.07) is 10.3. The van der Waals surface area contributed by atoms with E-state index in [0.29, 0.717) is 31.9 Å². The summed E-state index contributed by atoms with van der Waals surface area (Å²) in [4.78, 5) is 27.3. The maximum Gasteiger partial charge on any atom is 0.328 e. The van der Waals surface area contributed by atoms with Crippen LogP contribution in [0.1, 0.15) is 11.3 Å². The van der Waals surface area contributed by atoms with Gasteiger partial charge in [-0.3, -0.25) is 0 Å². The minimum absolute atomic E-state index is 0.293. The van der Waals surface area contributed by atoms with Gasteiger partial charge in [0.1, 0.15) is 11.5 Å². The van der Waals surface area contributed by atoms with Crippen LogP contribution in [0.3, 0.4) is 0 Å². The summed E-state index contributed by atoms with van der Waals surface area (Å²) >= 11 is 0. The second kappa shape index (κ2) is 7.08. The highest BCUT2D eigenvalue weighted by molar-refractivity contribution is 5.94. The molecule has 1 fully saturated rings. The van der Waals surface area contributed by atoms with Gasteiger partial charge in [-0.2, -0.15) is 0 Å². The zero-order valence-electron chi connectivity index (χ0n) is 13.4. The van der Waals surface area contributed by atoms with Crippen molar-refractivity contribution >= 4 is 12.1 Å². The van der Waals surface area contributed by atoms with Crippen molar-refractivity contribution in [2.75, 3.05) is 20.2 Å². The molecule has 0 atom stereocenters. The number of rotatable bonds is 5. The number of furan rings is 1. The van der Waals surface area contributed by atoms with Crippen LogP contribution in [-0.2, 0) is 13.1 Å². The van der Waals surface area contributed by atoms with Gasteiger partial charge in [0.25, 0.3) is 0 Å². The lowest BCUT2D eigenvalue weighted by Gasteiger charge is -2.25. The van der Waals surface area contributed by atoms with Crippen LogP contribution in [0, 0.1) is 0 Å². The number of amides is 4. The number of urea groups is 2. The van der Waals surface area contributed by atoms with Gasteiger partial charge >= 0.3 is 12.1 Å². The molecule has 1 N–H and O–H groups in total. The molecule has 1 aromatic carbocycles. The largest absolute Gasteiger partial charge is 0.497 e. The van der Waals surface area contributed by atoms with E-state index < -0.39 is 0 Å². The smallest absolute Gasteiger partial charge is 0.328 e. The predicted molar refractivity (Wildman–Crippen MR) is 86.4 cm³/mol. The molecule has 2 heterocycles. The number of hydrogen-bond donors (Lipinski definition) is 1. The summed E-state index contributed by atoms with van der Waals surface area (Å²) in [6.07, 6.45) is 1.56. The standard InChI is InChI=1S/C17H19N3O4/c1-23-14-6-4-13(5-7-14)11-19(12-15-3-2-10-24-15)17(22)20-9-8-18-16(20)21/h2-7,10H,8-9,11-12H2,1H3,(H,18,21). The van der Waals surface area contributed by atoms with Gasteiger partial charge < -0.3 is 19.4 Å². The molecule has 0 bridgehead atoms. The van der Waals surface area contributed by atoms with Gasteiger partial charge in [0.15, 0.2) is 0 Å². The molecule has 2 aromatic rings. The first-order valence-corrected chi connectivity index (χ1v) is 7.67. The lowest BCUT2D eigenvalue weighted by atomic mass is 10.2. The Morgan fingerprint density at radius 3 is 2.67 bits per heavy atom. The molecule has 0 spiro atoms. The van der Waals surface area contributed by atoms with Crippen molar-refractivity contribution in [2.45, 2.75) is 13.1 Å². The first-order valence-electron chi connectivity index (χ1n) is 7.67. The van der Waals surface area contributed by atoms with Crippen molar-refractivity contribution in [3.05, 3.63) is 54.0 Å². The zero-order chi connectivity index (χ0) is 16.9. The Labute approximate surface area is 139 Å². The van der Waals surface area contributed by atoms with E-state index in [0.717, 1.165) is 11.3 Å². The summed E-state index contributed by atoms with van der Waals surface area (Å²) in [6.45, 7) is 1.51. The maximum atomic E-state index is 12.7. The van der Waals surface area contributed by atoms with Gasteiger partial charge in [0.2, 0.25) is 0 Å². The summed E-state index contributed by atoms with van der Waals surface area (Å²) in [5.74, 6) is 1.41. The third kappa shape index (κ3) is 3.51. The van der Waals surface area contributed by atoms with E-state index in [1.165, 1.54) is 4.90 Å². The molecule has 4 amide bonds. The fraction of sp³-hybridized carbons (Fsp3) is 0.294. The molecule has 1 saturated heterocycles. The van der Waals surface area contributed by atoms with Crippen LogP contribution in [0.2, 0.25) is 0 Å². The van der Waals surface area contributed by atoms with Gasteiger partial charge in [-0.1, -0.05) is 12.1 Å². The number of hydrogen-bond acceptors (Lipinski definition) is 4. The fourth-order valence-electron chi connectivity index (χ4n) is 2.56. The van der Waals surface area contributed by atoms with Crippen molar-refractivity contribution in [1.29, 1.82) is 0 Å². The van der Waals surface area contributed by atoms with Gasteiger partial charge in [-0.05, 0) is 29.8 Å². The van der Waals surface area contributed by atoms with Gasteiger partial charge in [0, 0.05) is 19.6 Å². The molecule has 0 radical (unpaired) electrons. The average Bonchev–Trinajstić information content (AvgIpc) is 3.26. The molecule has 24 heavy (non-hydrogen) atoms. The van der Waals surface area contributed by atoms with E-state index in [2.05, 4.69) is 5.32 Å². The second-order valence-electron chi connectivity index (χ2n) is 5.45. The topological polar surface area (TPSA) is 75.0 Å². The predicted octanol–water partition coefficient (Wildman–Crippen LogP) is 2.44. The summed E-state index contributed by atoms with van der Waals surface area (Å²) in [5, 5.41) is 2.64. The fourth-order valence-corrected chi connectivity index (χ4v) is 2.56. The number of ether oxygens (including phenoxy) is 1. The number of carbonyl (C=O) groups excluding carboxylic acids is 2. The van der Waals surface area contributed by atoms with Crippen LogP contribution in [0.5, 0.6) is 5.75 Å². The lowest BCUT2D eigenvalue weighted by molar-refractivity contribution is 0.155. The Balaban J connectivity index is 1.78. The van der Waals surface area contributed by atoms with E-state index in [9.17, 15) is 9.59 Å². The van der Waals surface area contributed by atoms with Crippen molar-refractivity contribution in [2.24, 2.45) is 0 Å². The Bertz CT molecular complexity index is 697. The summed E-state index contributed by atoms with van der Waals surface area (Å²) in [5.41, 5.74) is 0.940. The molecule has 0 aliphatic carbocycles.